The Kier molecular flexibility index (Phi) is 2.94. The van der Waals surface area contributed by atoms with E-state index in [0.29, 0.717) is 5.52 Å². The number of carboxylic acid groups (broad SMARTS) is 1. The Balaban J connectivity index is 2.11. The van der Waals surface area contributed by atoms with Gasteiger partial charge in [0.15, 0.2) is 0 Å². The molecule has 2 unspecified atom stereocenters. The summed E-state index contributed by atoms with van der Waals surface area (Å²) in [5.41, 5.74) is 1.39. The van der Waals surface area contributed by atoms with Crippen molar-refractivity contribution in [3.05, 3.63) is 23.8 Å². The predicted octanol–water partition coefficient (Wildman–Crippen LogP) is 1.87. The van der Waals surface area contributed by atoms with Crippen molar-refractivity contribution < 1.29 is 14.6 Å². The lowest BCUT2D eigenvalue weighted by Crippen LogP contribution is -2.21. The molecule has 100 valence electrons. The average molecular weight is 261 g/mol. The van der Waals surface area contributed by atoms with Crippen LogP contribution in [0.1, 0.15) is 35.7 Å². The van der Waals surface area contributed by atoms with E-state index >= 15 is 0 Å². The van der Waals surface area contributed by atoms with Crippen LogP contribution in [0.2, 0.25) is 0 Å². The van der Waals surface area contributed by atoms with Crippen molar-refractivity contribution >= 4 is 17.0 Å². The second-order valence-electron chi connectivity index (χ2n) is 4.78. The van der Waals surface area contributed by atoms with Crippen LogP contribution in [-0.2, 0) is 4.74 Å². The molecule has 3 rings (SSSR count). The van der Waals surface area contributed by atoms with Gasteiger partial charge in [-0.25, -0.2) is 9.48 Å². The number of rotatable bonds is 3. The van der Waals surface area contributed by atoms with Crippen LogP contribution in [0.3, 0.4) is 0 Å². The molecule has 2 aromatic rings. The Hall–Kier alpha value is -1.95. The van der Waals surface area contributed by atoms with Gasteiger partial charge in [0.2, 0.25) is 0 Å². The largest absolute Gasteiger partial charge is 0.478 e. The number of hydrogen-bond acceptors (Lipinski definition) is 4. The van der Waals surface area contributed by atoms with Gasteiger partial charge < -0.3 is 9.84 Å². The standard InChI is InChI=1S/C13H15N3O3/c1-19-11-7-3-5-9(11)16-10-6-2-4-8(13(17)18)12(10)14-15-16/h2,4,6,9,11H,3,5,7H2,1H3,(H,17,18). The summed E-state index contributed by atoms with van der Waals surface area (Å²) < 4.78 is 7.28. The van der Waals surface area contributed by atoms with E-state index in [1.54, 1.807) is 19.2 Å². The summed E-state index contributed by atoms with van der Waals surface area (Å²) in [5, 5.41) is 17.3. The van der Waals surface area contributed by atoms with Gasteiger partial charge >= 0.3 is 5.97 Å². The third-order valence-corrected chi connectivity index (χ3v) is 3.77. The van der Waals surface area contributed by atoms with E-state index in [1.807, 2.05) is 10.7 Å². The average Bonchev–Trinajstić information content (AvgIpc) is 3.03. The first-order valence-electron chi connectivity index (χ1n) is 6.32. The Labute approximate surface area is 110 Å². The van der Waals surface area contributed by atoms with E-state index in [9.17, 15) is 4.79 Å². The van der Waals surface area contributed by atoms with Gasteiger partial charge in [-0.05, 0) is 31.4 Å². The fourth-order valence-corrected chi connectivity index (χ4v) is 2.84. The molecule has 1 heterocycles. The fraction of sp³-hybridized carbons (Fsp3) is 0.462. The lowest BCUT2D eigenvalue weighted by Gasteiger charge is -2.18. The third kappa shape index (κ3) is 1.88. The van der Waals surface area contributed by atoms with Crippen molar-refractivity contribution in [1.82, 2.24) is 15.0 Å². The van der Waals surface area contributed by atoms with Gasteiger partial charge in [0.25, 0.3) is 0 Å². The molecule has 1 aromatic carbocycles. The third-order valence-electron chi connectivity index (χ3n) is 3.77. The van der Waals surface area contributed by atoms with Crippen molar-refractivity contribution in [2.45, 2.75) is 31.4 Å². The molecule has 0 spiro atoms. The summed E-state index contributed by atoms with van der Waals surface area (Å²) in [6.07, 6.45) is 3.19. The monoisotopic (exact) mass is 261 g/mol. The predicted molar refractivity (Wildman–Crippen MR) is 68.2 cm³/mol. The van der Waals surface area contributed by atoms with Gasteiger partial charge in [-0.1, -0.05) is 11.3 Å². The zero-order valence-corrected chi connectivity index (χ0v) is 10.6. The Bertz CT molecular complexity index is 623. The molecule has 1 aliphatic rings. The Morgan fingerprint density at radius 2 is 2.32 bits per heavy atom. The number of ether oxygens (including phenoxy) is 1. The highest BCUT2D eigenvalue weighted by molar-refractivity contribution is 6.00. The van der Waals surface area contributed by atoms with Gasteiger partial charge in [0.1, 0.15) is 5.52 Å². The summed E-state index contributed by atoms with van der Waals surface area (Å²) in [6, 6.07) is 5.26. The topological polar surface area (TPSA) is 77.2 Å². The van der Waals surface area contributed by atoms with Crippen LogP contribution < -0.4 is 0 Å². The van der Waals surface area contributed by atoms with E-state index in [4.69, 9.17) is 9.84 Å². The minimum Gasteiger partial charge on any atom is -0.478 e. The van der Waals surface area contributed by atoms with Gasteiger partial charge in [0, 0.05) is 7.11 Å². The second-order valence-corrected chi connectivity index (χ2v) is 4.78. The molecule has 6 heteroatoms. The fourth-order valence-electron chi connectivity index (χ4n) is 2.84. The first kappa shape index (κ1) is 12.1. The zero-order chi connectivity index (χ0) is 13.4. The van der Waals surface area contributed by atoms with E-state index in [1.165, 1.54) is 0 Å². The summed E-state index contributed by atoms with van der Waals surface area (Å²) in [6.45, 7) is 0. The number of carbonyl (C=O) groups is 1. The number of aromatic nitrogens is 3. The van der Waals surface area contributed by atoms with Crippen molar-refractivity contribution in [1.29, 1.82) is 0 Å². The lowest BCUT2D eigenvalue weighted by molar-refractivity contribution is 0.0698. The van der Waals surface area contributed by atoms with Crippen LogP contribution >= 0.6 is 0 Å². The maximum absolute atomic E-state index is 11.2. The van der Waals surface area contributed by atoms with Crippen molar-refractivity contribution in [2.24, 2.45) is 0 Å². The summed E-state index contributed by atoms with van der Waals surface area (Å²) >= 11 is 0. The SMILES string of the molecule is COC1CCCC1n1nnc2c(C(=O)O)cccc21. The van der Waals surface area contributed by atoms with E-state index in [-0.39, 0.29) is 17.7 Å². The van der Waals surface area contributed by atoms with Crippen LogP contribution in [0, 0.1) is 0 Å². The van der Waals surface area contributed by atoms with Crippen molar-refractivity contribution in [3.63, 3.8) is 0 Å². The van der Waals surface area contributed by atoms with Crippen molar-refractivity contribution in [2.75, 3.05) is 7.11 Å². The molecule has 2 atom stereocenters. The highest BCUT2D eigenvalue weighted by Gasteiger charge is 2.31. The number of aromatic carboxylic acids is 1. The Morgan fingerprint density at radius 3 is 3.05 bits per heavy atom. The number of nitrogens with zero attached hydrogens (tertiary/aromatic N) is 3. The quantitative estimate of drug-likeness (QED) is 0.912. The van der Waals surface area contributed by atoms with Crippen LogP contribution in [0.5, 0.6) is 0 Å². The summed E-state index contributed by atoms with van der Waals surface area (Å²) in [7, 11) is 1.70. The minimum atomic E-state index is -0.979. The summed E-state index contributed by atoms with van der Waals surface area (Å²) in [5.74, 6) is -0.979. The number of methoxy groups -OCH3 is 1. The minimum absolute atomic E-state index is 0.124. The number of fused-ring (bicyclic) bond motifs is 1. The molecule has 1 aliphatic carbocycles. The molecule has 0 amide bonds. The number of benzene rings is 1. The normalized spacial score (nSPS) is 23.0. The highest BCUT2D eigenvalue weighted by Crippen LogP contribution is 2.33. The maximum atomic E-state index is 11.2. The van der Waals surface area contributed by atoms with Gasteiger partial charge in [-0.3, -0.25) is 0 Å². The molecule has 19 heavy (non-hydrogen) atoms. The number of carboxylic acids is 1. The van der Waals surface area contributed by atoms with E-state index in [0.717, 1.165) is 24.8 Å². The highest BCUT2D eigenvalue weighted by atomic mass is 16.5. The Morgan fingerprint density at radius 1 is 1.47 bits per heavy atom. The van der Waals surface area contributed by atoms with Crippen LogP contribution in [-0.4, -0.2) is 39.3 Å². The lowest BCUT2D eigenvalue weighted by atomic mass is 10.1. The molecule has 6 nitrogen and oxygen atoms in total. The maximum Gasteiger partial charge on any atom is 0.338 e. The van der Waals surface area contributed by atoms with Crippen LogP contribution in [0.4, 0.5) is 0 Å². The second kappa shape index (κ2) is 4.62. The molecular weight excluding hydrogens is 246 g/mol. The molecule has 1 N–H and O–H groups in total. The smallest absolute Gasteiger partial charge is 0.338 e. The molecule has 0 bridgehead atoms. The first-order chi connectivity index (χ1) is 9.22. The van der Waals surface area contributed by atoms with Crippen molar-refractivity contribution in [3.8, 4) is 0 Å². The van der Waals surface area contributed by atoms with Crippen LogP contribution in [0.25, 0.3) is 11.0 Å². The molecule has 0 radical (unpaired) electrons. The summed E-state index contributed by atoms with van der Waals surface area (Å²) in [4.78, 5) is 11.2. The van der Waals surface area contributed by atoms with E-state index < -0.39 is 5.97 Å². The van der Waals surface area contributed by atoms with Gasteiger partial charge in [-0.2, -0.15) is 0 Å². The van der Waals surface area contributed by atoms with Crippen LogP contribution in [0.15, 0.2) is 18.2 Å². The first-order valence-corrected chi connectivity index (χ1v) is 6.32. The molecule has 1 aromatic heterocycles. The van der Waals surface area contributed by atoms with Gasteiger partial charge in [-0.15, -0.1) is 5.10 Å². The molecule has 1 saturated carbocycles. The van der Waals surface area contributed by atoms with Gasteiger partial charge in [0.05, 0.1) is 23.2 Å². The zero-order valence-electron chi connectivity index (χ0n) is 10.6. The molecule has 0 aliphatic heterocycles. The molecule has 1 fully saturated rings. The number of hydrogen-bond donors (Lipinski definition) is 1. The molecule has 0 saturated heterocycles. The van der Waals surface area contributed by atoms with E-state index in [2.05, 4.69) is 10.3 Å². The molecular formula is C13H15N3O3.